The number of nitrogens with one attached hydrogen (secondary N) is 1. The molecule has 25 heavy (non-hydrogen) atoms. The largest absolute Gasteiger partial charge is 0.396 e. The van der Waals surface area contributed by atoms with Crippen molar-refractivity contribution in [2.24, 2.45) is 7.05 Å². The first-order valence-corrected chi connectivity index (χ1v) is 7.89. The van der Waals surface area contributed by atoms with Crippen molar-refractivity contribution < 1.29 is 0 Å². The molecule has 0 saturated heterocycles. The van der Waals surface area contributed by atoms with Crippen LogP contribution in [0.1, 0.15) is 5.69 Å². The van der Waals surface area contributed by atoms with Crippen LogP contribution in [-0.2, 0) is 13.6 Å². The zero-order valence-corrected chi connectivity index (χ0v) is 13.7. The molecule has 0 spiro atoms. The standard InChI is InChI=1S/C18H17N7/c1-25-11-12(9-22-25)15-7-5-14(19)18(24-15)21-10-13-4-6-16-17(23-13)3-2-8-20-16/h2-9,11H,10,19H2,1H3,(H,21,24). The number of fused-ring (bicyclic) bond motifs is 1. The first-order chi connectivity index (χ1) is 12.2. The van der Waals surface area contributed by atoms with E-state index in [-0.39, 0.29) is 0 Å². The Labute approximate surface area is 144 Å². The average molecular weight is 331 g/mol. The number of nitrogens with two attached hydrogens (primary N) is 1. The molecule has 7 nitrogen and oxygen atoms in total. The van der Waals surface area contributed by atoms with Crippen LogP contribution in [0.15, 0.2) is 55.0 Å². The maximum Gasteiger partial charge on any atom is 0.150 e. The van der Waals surface area contributed by atoms with Crippen molar-refractivity contribution in [2.75, 3.05) is 11.1 Å². The van der Waals surface area contributed by atoms with Crippen LogP contribution in [0.3, 0.4) is 0 Å². The van der Waals surface area contributed by atoms with Gasteiger partial charge in [0.1, 0.15) is 5.82 Å². The number of nitrogen functional groups attached to an aromatic ring is 1. The van der Waals surface area contributed by atoms with Gasteiger partial charge in [-0.25, -0.2) is 9.97 Å². The molecule has 0 aliphatic carbocycles. The lowest BCUT2D eigenvalue weighted by Crippen LogP contribution is -2.06. The van der Waals surface area contributed by atoms with E-state index < -0.39 is 0 Å². The first-order valence-electron chi connectivity index (χ1n) is 7.89. The third kappa shape index (κ3) is 3.12. The first kappa shape index (κ1) is 15.1. The molecule has 0 aliphatic rings. The number of hydrogen-bond acceptors (Lipinski definition) is 6. The van der Waals surface area contributed by atoms with E-state index >= 15 is 0 Å². The molecule has 0 bridgehead atoms. The lowest BCUT2D eigenvalue weighted by atomic mass is 10.2. The van der Waals surface area contributed by atoms with Crippen molar-refractivity contribution in [3.63, 3.8) is 0 Å². The Kier molecular flexibility index (Phi) is 3.74. The molecule has 4 heterocycles. The molecule has 4 aromatic rings. The van der Waals surface area contributed by atoms with Gasteiger partial charge in [0.2, 0.25) is 0 Å². The normalized spacial score (nSPS) is 10.9. The summed E-state index contributed by atoms with van der Waals surface area (Å²) in [5.74, 6) is 0.634. The third-order valence-corrected chi connectivity index (χ3v) is 3.88. The Morgan fingerprint density at radius 2 is 2.00 bits per heavy atom. The molecular formula is C18H17N7. The van der Waals surface area contributed by atoms with Crippen LogP contribution in [0, 0.1) is 0 Å². The van der Waals surface area contributed by atoms with Crippen LogP contribution in [0.4, 0.5) is 11.5 Å². The molecule has 4 aromatic heterocycles. The quantitative estimate of drug-likeness (QED) is 0.597. The lowest BCUT2D eigenvalue weighted by molar-refractivity contribution is 0.768. The maximum absolute atomic E-state index is 6.05. The number of aryl methyl sites for hydroxylation is 1. The summed E-state index contributed by atoms with van der Waals surface area (Å²) < 4.78 is 1.74. The Morgan fingerprint density at radius 1 is 1.08 bits per heavy atom. The highest BCUT2D eigenvalue weighted by molar-refractivity contribution is 5.74. The van der Waals surface area contributed by atoms with Gasteiger partial charge in [-0.2, -0.15) is 5.10 Å². The van der Waals surface area contributed by atoms with Gasteiger partial charge in [-0.1, -0.05) is 0 Å². The van der Waals surface area contributed by atoms with Crippen molar-refractivity contribution in [1.82, 2.24) is 24.7 Å². The molecule has 124 valence electrons. The van der Waals surface area contributed by atoms with Gasteiger partial charge >= 0.3 is 0 Å². The van der Waals surface area contributed by atoms with Gasteiger partial charge in [0.15, 0.2) is 0 Å². The van der Waals surface area contributed by atoms with E-state index in [2.05, 4.69) is 25.4 Å². The van der Waals surface area contributed by atoms with Crippen LogP contribution in [0.2, 0.25) is 0 Å². The molecule has 0 amide bonds. The molecule has 0 saturated carbocycles. The summed E-state index contributed by atoms with van der Waals surface area (Å²) in [6, 6.07) is 11.5. The average Bonchev–Trinajstić information content (AvgIpc) is 3.07. The van der Waals surface area contributed by atoms with Crippen LogP contribution in [0.25, 0.3) is 22.3 Å². The highest BCUT2D eigenvalue weighted by Gasteiger charge is 2.07. The Bertz CT molecular complexity index is 1040. The molecular weight excluding hydrogens is 314 g/mol. The summed E-state index contributed by atoms with van der Waals surface area (Å²) in [4.78, 5) is 13.5. The minimum Gasteiger partial charge on any atom is -0.396 e. The van der Waals surface area contributed by atoms with Crippen LogP contribution in [-0.4, -0.2) is 24.7 Å². The van der Waals surface area contributed by atoms with Gasteiger partial charge in [0.25, 0.3) is 0 Å². The van der Waals surface area contributed by atoms with Crippen molar-refractivity contribution in [3.05, 3.63) is 60.7 Å². The third-order valence-electron chi connectivity index (χ3n) is 3.88. The summed E-state index contributed by atoms with van der Waals surface area (Å²) in [7, 11) is 1.88. The molecule has 4 rings (SSSR count). The fourth-order valence-electron chi connectivity index (χ4n) is 2.60. The zero-order chi connectivity index (χ0) is 17.2. The summed E-state index contributed by atoms with van der Waals surface area (Å²) in [5.41, 5.74) is 11.1. The maximum atomic E-state index is 6.05. The van der Waals surface area contributed by atoms with E-state index in [4.69, 9.17) is 5.73 Å². The molecule has 0 atom stereocenters. The molecule has 0 radical (unpaired) electrons. The Morgan fingerprint density at radius 3 is 2.84 bits per heavy atom. The van der Waals surface area contributed by atoms with Gasteiger partial charge in [-0.15, -0.1) is 0 Å². The molecule has 0 aliphatic heterocycles. The fraction of sp³-hybridized carbons (Fsp3) is 0.111. The lowest BCUT2D eigenvalue weighted by Gasteiger charge is -2.10. The van der Waals surface area contributed by atoms with Crippen molar-refractivity contribution in [1.29, 1.82) is 0 Å². The fourth-order valence-corrected chi connectivity index (χ4v) is 2.60. The SMILES string of the molecule is Cn1cc(-c2ccc(N)c(NCc3ccc4ncccc4n3)n2)cn1. The molecule has 0 unspecified atom stereocenters. The van der Waals surface area contributed by atoms with E-state index in [0.29, 0.717) is 18.1 Å². The summed E-state index contributed by atoms with van der Waals surface area (Å²) in [5, 5.41) is 7.44. The van der Waals surface area contributed by atoms with Crippen LogP contribution in [0.5, 0.6) is 0 Å². The van der Waals surface area contributed by atoms with Gasteiger partial charge in [-0.3, -0.25) is 9.67 Å². The predicted molar refractivity (Wildman–Crippen MR) is 97.7 cm³/mol. The van der Waals surface area contributed by atoms with Gasteiger partial charge in [0, 0.05) is 25.0 Å². The smallest absolute Gasteiger partial charge is 0.150 e. The van der Waals surface area contributed by atoms with E-state index in [9.17, 15) is 0 Å². The summed E-state index contributed by atoms with van der Waals surface area (Å²) in [6.07, 6.45) is 5.46. The van der Waals surface area contributed by atoms with E-state index in [1.54, 1.807) is 17.1 Å². The van der Waals surface area contributed by atoms with Crippen LogP contribution < -0.4 is 11.1 Å². The molecule has 0 aromatic carbocycles. The summed E-state index contributed by atoms with van der Waals surface area (Å²) in [6.45, 7) is 0.526. The highest BCUT2D eigenvalue weighted by atomic mass is 15.2. The molecule has 0 fully saturated rings. The van der Waals surface area contributed by atoms with Crippen LogP contribution >= 0.6 is 0 Å². The number of nitrogens with zero attached hydrogens (tertiary/aromatic N) is 5. The van der Waals surface area contributed by atoms with E-state index in [1.165, 1.54) is 0 Å². The second-order valence-electron chi connectivity index (χ2n) is 5.73. The van der Waals surface area contributed by atoms with Crippen molar-refractivity contribution >= 4 is 22.5 Å². The zero-order valence-electron chi connectivity index (χ0n) is 13.7. The summed E-state index contributed by atoms with van der Waals surface area (Å²) >= 11 is 0. The minimum absolute atomic E-state index is 0.526. The number of aromatic nitrogens is 5. The Balaban J connectivity index is 1.57. The monoisotopic (exact) mass is 331 g/mol. The number of rotatable bonds is 4. The van der Waals surface area contributed by atoms with Gasteiger partial charge in [-0.05, 0) is 36.4 Å². The highest BCUT2D eigenvalue weighted by Crippen LogP contribution is 2.23. The van der Waals surface area contributed by atoms with Gasteiger partial charge in [0.05, 0.1) is 40.9 Å². The number of pyridine rings is 3. The topological polar surface area (TPSA) is 94.5 Å². The second kappa shape index (κ2) is 6.20. The van der Waals surface area contributed by atoms with E-state index in [1.807, 2.05) is 49.6 Å². The second-order valence-corrected chi connectivity index (χ2v) is 5.73. The molecule has 3 N–H and O–H groups in total. The minimum atomic E-state index is 0.526. The van der Waals surface area contributed by atoms with Crippen molar-refractivity contribution in [2.45, 2.75) is 6.54 Å². The van der Waals surface area contributed by atoms with Crippen molar-refractivity contribution in [3.8, 4) is 11.3 Å². The number of anilines is 2. The van der Waals surface area contributed by atoms with Gasteiger partial charge < -0.3 is 11.1 Å². The predicted octanol–water partition coefficient (Wildman–Crippen LogP) is 2.62. The number of hydrogen-bond donors (Lipinski definition) is 2. The Hall–Kier alpha value is -3.48. The van der Waals surface area contributed by atoms with E-state index in [0.717, 1.165) is 28.0 Å². The molecule has 7 heteroatoms.